The zero-order chi connectivity index (χ0) is 21.0. The molecule has 0 amide bonds. The van der Waals surface area contributed by atoms with E-state index in [9.17, 15) is 0 Å². The lowest BCUT2D eigenvalue weighted by Gasteiger charge is -2.11. The molecule has 0 bridgehead atoms. The quantitative estimate of drug-likeness (QED) is 0.365. The van der Waals surface area contributed by atoms with Gasteiger partial charge in [-0.25, -0.2) is 4.98 Å². The maximum absolute atomic E-state index is 6.41. The molecule has 0 radical (unpaired) electrons. The van der Waals surface area contributed by atoms with Crippen molar-refractivity contribution in [3.8, 4) is 0 Å². The number of halogens is 1. The number of fused-ring (bicyclic) bond motifs is 1. The minimum absolute atomic E-state index is 0.657. The number of hydrogen-bond acceptors (Lipinski definition) is 3. The van der Waals surface area contributed by atoms with Gasteiger partial charge in [-0.3, -0.25) is 0 Å². The van der Waals surface area contributed by atoms with Crippen molar-refractivity contribution in [3.63, 3.8) is 0 Å². The first-order valence-electron chi connectivity index (χ1n) is 10.4. The van der Waals surface area contributed by atoms with E-state index in [2.05, 4.69) is 54.1 Å². The molecule has 156 valence electrons. The van der Waals surface area contributed by atoms with Crippen LogP contribution < -0.4 is 0 Å². The predicted octanol–water partition coefficient (Wildman–Crippen LogP) is 4.95. The smallest absolute Gasteiger partial charge is 0.137 e. The van der Waals surface area contributed by atoms with Crippen LogP contribution in [0.3, 0.4) is 0 Å². The molecular weight excluding hydrogens is 408 g/mol. The summed E-state index contributed by atoms with van der Waals surface area (Å²) in [5.74, 6) is 1.91. The molecule has 3 heterocycles. The van der Waals surface area contributed by atoms with E-state index in [-0.39, 0.29) is 0 Å². The highest BCUT2D eigenvalue weighted by Gasteiger charge is 2.16. The number of aromatic nitrogens is 6. The van der Waals surface area contributed by atoms with Gasteiger partial charge in [0, 0.05) is 53.4 Å². The van der Waals surface area contributed by atoms with Crippen molar-refractivity contribution in [1.82, 2.24) is 29.7 Å². The molecule has 0 atom stereocenters. The molecule has 6 nitrogen and oxygen atoms in total. The topological polar surface area (TPSA) is 75.2 Å². The van der Waals surface area contributed by atoms with Gasteiger partial charge in [0.1, 0.15) is 11.6 Å². The highest BCUT2D eigenvalue weighted by molar-refractivity contribution is 6.31. The molecule has 0 fully saturated rings. The van der Waals surface area contributed by atoms with E-state index in [1.54, 1.807) is 6.33 Å². The Balaban J connectivity index is 1.43. The highest BCUT2D eigenvalue weighted by atomic mass is 35.5. The van der Waals surface area contributed by atoms with Crippen molar-refractivity contribution in [2.45, 2.75) is 32.2 Å². The summed E-state index contributed by atoms with van der Waals surface area (Å²) in [6.07, 6.45) is 8.95. The number of H-pyrrole nitrogens is 2. The van der Waals surface area contributed by atoms with Crippen LogP contribution in [0.5, 0.6) is 0 Å². The van der Waals surface area contributed by atoms with E-state index < -0.39 is 0 Å². The first-order chi connectivity index (χ1) is 15.3. The van der Waals surface area contributed by atoms with Crippen LogP contribution in [-0.2, 0) is 25.8 Å². The summed E-state index contributed by atoms with van der Waals surface area (Å²) >= 11 is 6.41. The first-order valence-corrected chi connectivity index (χ1v) is 10.8. The Morgan fingerprint density at radius 3 is 2.45 bits per heavy atom. The van der Waals surface area contributed by atoms with Crippen molar-refractivity contribution < 1.29 is 0 Å². The fourth-order valence-corrected chi connectivity index (χ4v) is 4.20. The standard InChI is InChI=1S/C24H23ClN6/c25-21-9-3-1-6-17(21)12-23-29-30-24(31(23)11-5-7-19-15-26-16-28-19)13-18-14-27-22-10-4-2-8-20(18)22/h1-4,6,8-10,14-16,27H,5,7,11-13H2,(H,26,28). The molecule has 7 heteroatoms. The summed E-state index contributed by atoms with van der Waals surface area (Å²) in [5, 5.41) is 11.1. The molecule has 3 aromatic heterocycles. The molecule has 0 spiro atoms. The van der Waals surface area contributed by atoms with E-state index >= 15 is 0 Å². The van der Waals surface area contributed by atoms with E-state index in [4.69, 9.17) is 11.6 Å². The second kappa shape index (κ2) is 8.78. The zero-order valence-electron chi connectivity index (χ0n) is 17.1. The molecule has 0 saturated heterocycles. The van der Waals surface area contributed by atoms with Crippen LogP contribution in [0.2, 0.25) is 5.02 Å². The second-order valence-electron chi connectivity index (χ2n) is 7.67. The van der Waals surface area contributed by atoms with Crippen LogP contribution in [0.1, 0.15) is 34.9 Å². The van der Waals surface area contributed by atoms with Gasteiger partial charge in [0.25, 0.3) is 0 Å². The predicted molar refractivity (Wildman–Crippen MR) is 122 cm³/mol. The van der Waals surface area contributed by atoms with Gasteiger partial charge < -0.3 is 14.5 Å². The van der Waals surface area contributed by atoms with Crippen LogP contribution in [0, 0.1) is 0 Å². The van der Waals surface area contributed by atoms with Gasteiger partial charge in [-0.1, -0.05) is 48.0 Å². The van der Waals surface area contributed by atoms with Gasteiger partial charge in [0.05, 0.1) is 6.33 Å². The number of para-hydroxylation sites is 1. The normalized spacial score (nSPS) is 11.4. The van der Waals surface area contributed by atoms with Crippen molar-refractivity contribution in [3.05, 3.63) is 101 Å². The minimum Gasteiger partial charge on any atom is -0.361 e. The number of nitrogens with zero attached hydrogens (tertiary/aromatic N) is 4. The Morgan fingerprint density at radius 2 is 1.65 bits per heavy atom. The summed E-state index contributed by atoms with van der Waals surface area (Å²) in [6.45, 7) is 0.837. The molecule has 0 aliphatic heterocycles. The molecule has 0 aliphatic rings. The SMILES string of the molecule is Clc1ccccc1Cc1nnc(Cc2c[nH]c3ccccc23)n1CCCc1cnc[nH]1. The van der Waals surface area contributed by atoms with Crippen LogP contribution in [-0.4, -0.2) is 29.7 Å². The number of aryl methyl sites for hydroxylation is 1. The van der Waals surface area contributed by atoms with Crippen LogP contribution >= 0.6 is 11.6 Å². The fourth-order valence-electron chi connectivity index (χ4n) is 4.00. The number of nitrogens with one attached hydrogen (secondary N) is 2. The van der Waals surface area contributed by atoms with E-state index in [0.29, 0.717) is 6.42 Å². The van der Waals surface area contributed by atoms with E-state index in [1.807, 2.05) is 36.5 Å². The van der Waals surface area contributed by atoms with Crippen molar-refractivity contribution >= 4 is 22.5 Å². The third-order valence-corrected chi connectivity index (χ3v) is 5.99. The van der Waals surface area contributed by atoms with Crippen molar-refractivity contribution in [1.29, 1.82) is 0 Å². The average molecular weight is 431 g/mol. The molecular formula is C24H23ClN6. The minimum atomic E-state index is 0.657. The summed E-state index contributed by atoms with van der Waals surface area (Å²) in [4.78, 5) is 10.6. The zero-order valence-corrected chi connectivity index (χ0v) is 17.8. The summed E-state index contributed by atoms with van der Waals surface area (Å²) in [5.41, 5.74) is 4.56. The lowest BCUT2D eigenvalue weighted by atomic mass is 10.1. The van der Waals surface area contributed by atoms with Gasteiger partial charge in [0.2, 0.25) is 0 Å². The van der Waals surface area contributed by atoms with Gasteiger partial charge in [-0.2, -0.15) is 0 Å². The molecule has 5 aromatic rings. The fraction of sp³-hybridized carbons (Fsp3) is 0.208. The lowest BCUT2D eigenvalue weighted by molar-refractivity contribution is 0.593. The van der Waals surface area contributed by atoms with Crippen LogP contribution in [0.4, 0.5) is 0 Å². The molecule has 0 aliphatic carbocycles. The first kappa shape index (κ1) is 19.6. The molecule has 2 N–H and O–H groups in total. The summed E-state index contributed by atoms with van der Waals surface area (Å²) in [7, 11) is 0. The Kier molecular flexibility index (Phi) is 5.54. The van der Waals surface area contributed by atoms with Crippen LogP contribution in [0.25, 0.3) is 10.9 Å². The van der Waals surface area contributed by atoms with Gasteiger partial charge >= 0.3 is 0 Å². The van der Waals surface area contributed by atoms with E-state index in [1.165, 1.54) is 10.9 Å². The Hall–Kier alpha value is -3.38. The maximum atomic E-state index is 6.41. The molecule has 5 rings (SSSR count). The van der Waals surface area contributed by atoms with Gasteiger partial charge in [-0.15, -0.1) is 10.2 Å². The van der Waals surface area contributed by atoms with Crippen molar-refractivity contribution in [2.75, 3.05) is 0 Å². The third-order valence-electron chi connectivity index (χ3n) is 5.62. The molecule has 31 heavy (non-hydrogen) atoms. The second-order valence-corrected chi connectivity index (χ2v) is 8.08. The summed E-state index contributed by atoms with van der Waals surface area (Å²) in [6, 6.07) is 16.3. The lowest BCUT2D eigenvalue weighted by Crippen LogP contribution is -2.10. The molecule has 0 saturated carbocycles. The number of rotatable bonds is 8. The Bertz CT molecular complexity index is 1280. The number of imidazole rings is 1. The molecule has 0 unspecified atom stereocenters. The van der Waals surface area contributed by atoms with Crippen LogP contribution in [0.15, 0.2) is 67.3 Å². The highest BCUT2D eigenvalue weighted by Crippen LogP contribution is 2.23. The largest absolute Gasteiger partial charge is 0.361 e. The van der Waals surface area contributed by atoms with Gasteiger partial charge in [0.15, 0.2) is 0 Å². The number of hydrogen-bond donors (Lipinski definition) is 2. The summed E-state index contributed by atoms with van der Waals surface area (Å²) < 4.78 is 2.25. The Morgan fingerprint density at radius 1 is 0.871 bits per heavy atom. The monoisotopic (exact) mass is 430 g/mol. The average Bonchev–Trinajstić information content (AvgIpc) is 3.53. The maximum Gasteiger partial charge on any atom is 0.137 e. The van der Waals surface area contributed by atoms with Gasteiger partial charge in [-0.05, 0) is 36.1 Å². The van der Waals surface area contributed by atoms with E-state index in [0.717, 1.165) is 59.3 Å². The Labute approximate surface area is 185 Å². The third kappa shape index (κ3) is 4.25. The number of benzene rings is 2. The number of aromatic amines is 2. The van der Waals surface area contributed by atoms with Crippen molar-refractivity contribution in [2.24, 2.45) is 0 Å². The molecule has 2 aromatic carbocycles.